The molecule has 0 spiro atoms. The Morgan fingerprint density at radius 1 is 1.43 bits per heavy atom. The minimum absolute atomic E-state index is 0.0776. The third-order valence-electron chi connectivity index (χ3n) is 3.62. The van der Waals surface area contributed by atoms with E-state index in [1.807, 2.05) is 0 Å². The molecule has 0 saturated carbocycles. The van der Waals surface area contributed by atoms with Crippen molar-refractivity contribution in [2.24, 2.45) is 0 Å². The summed E-state index contributed by atoms with van der Waals surface area (Å²) in [6.45, 7) is 1.27. The number of ether oxygens (including phenoxy) is 1. The van der Waals surface area contributed by atoms with Crippen molar-refractivity contribution in [1.29, 1.82) is 0 Å². The van der Waals surface area contributed by atoms with Gasteiger partial charge in [0.2, 0.25) is 0 Å². The van der Waals surface area contributed by atoms with Crippen LogP contribution in [0.2, 0.25) is 0 Å². The number of thiocarbonyl (C=S) groups is 1. The SMILES string of the molecule is O=C1/C(=C/c2cc(Br)c(O)c(Br)c2)SC(=S)N1C[C@H]1CCCO1. The molecule has 2 aliphatic rings. The van der Waals surface area contributed by atoms with E-state index in [2.05, 4.69) is 31.9 Å². The second-order valence-corrected chi connectivity index (χ2v) is 8.64. The third kappa shape index (κ3) is 3.82. The number of hydrogen-bond donors (Lipinski definition) is 1. The summed E-state index contributed by atoms with van der Waals surface area (Å²) in [5, 5.41) is 9.76. The van der Waals surface area contributed by atoms with E-state index in [1.54, 1.807) is 23.1 Å². The molecule has 3 rings (SSSR count). The molecule has 2 heterocycles. The van der Waals surface area contributed by atoms with Crippen molar-refractivity contribution >= 4 is 72.1 Å². The van der Waals surface area contributed by atoms with Crippen LogP contribution in [0.25, 0.3) is 6.08 Å². The number of aromatic hydroxyl groups is 1. The molecule has 4 nitrogen and oxygen atoms in total. The largest absolute Gasteiger partial charge is 0.506 e. The summed E-state index contributed by atoms with van der Waals surface area (Å²) >= 11 is 13.2. The van der Waals surface area contributed by atoms with E-state index in [4.69, 9.17) is 17.0 Å². The van der Waals surface area contributed by atoms with Gasteiger partial charge in [-0.3, -0.25) is 9.69 Å². The van der Waals surface area contributed by atoms with Gasteiger partial charge in [-0.25, -0.2) is 0 Å². The molecular weight excluding hydrogens is 466 g/mol. The maximum Gasteiger partial charge on any atom is 0.266 e. The molecular formula is C15H13Br2NO3S2. The van der Waals surface area contributed by atoms with Gasteiger partial charge in [-0.2, -0.15) is 0 Å². The number of phenolic OH excluding ortho intramolecular Hbond substituents is 1. The summed E-state index contributed by atoms with van der Waals surface area (Å²) in [6.07, 6.45) is 3.86. The number of hydrogen-bond acceptors (Lipinski definition) is 5. The fourth-order valence-electron chi connectivity index (χ4n) is 2.47. The highest BCUT2D eigenvalue weighted by molar-refractivity contribution is 9.11. The lowest BCUT2D eigenvalue weighted by molar-refractivity contribution is -0.123. The number of phenols is 1. The van der Waals surface area contributed by atoms with Crippen molar-refractivity contribution in [2.45, 2.75) is 18.9 Å². The van der Waals surface area contributed by atoms with Crippen LogP contribution in [0.15, 0.2) is 26.0 Å². The van der Waals surface area contributed by atoms with Gasteiger partial charge in [0.1, 0.15) is 10.1 Å². The fraction of sp³-hybridized carbons (Fsp3) is 0.333. The molecule has 1 atom stereocenters. The molecule has 1 aromatic carbocycles. The van der Waals surface area contributed by atoms with E-state index in [-0.39, 0.29) is 17.8 Å². The van der Waals surface area contributed by atoms with Crippen molar-refractivity contribution in [3.8, 4) is 5.75 Å². The van der Waals surface area contributed by atoms with Crippen LogP contribution in [0.1, 0.15) is 18.4 Å². The topological polar surface area (TPSA) is 49.8 Å². The number of carbonyl (C=O) groups is 1. The second-order valence-electron chi connectivity index (χ2n) is 5.26. The molecule has 0 radical (unpaired) electrons. The van der Waals surface area contributed by atoms with Gasteiger partial charge in [0.05, 0.1) is 26.5 Å². The van der Waals surface area contributed by atoms with Crippen molar-refractivity contribution < 1.29 is 14.6 Å². The third-order valence-corrected chi connectivity index (χ3v) is 6.21. The summed E-state index contributed by atoms with van der Waals surface area (Å²) in [6, 6.07) is 3.51. The summed E-state index contributed by atoms with van der Waals surface area (Å²) < 4.78 is 7.28. The highest BCUT2D eigenvalue weighted by Gasteiger charge is 2.34. The van der Waals surface area contributed by atoms with Crippen LogP contribution in [0, 0.1) is 0 Å². The Kier molecular flexibility index (Phi) is 5.47. The highest BCUT2D eigenvalue weighted by atomic mass is 79.9. The Morgan fingerprint density at radius 3 is 2.74 bits per heavy atom. The minimum atomic E-state index is -0.0872. The molecule has 2 saturated heterocycles. The average molecular weight is 479 g/mol. The molecule has 2 fully saturated rings. The first-order valence-electron chi connectivity index (χ1n) is 7.00. The molecule has 0 aliphatic carbocycles. The maximum absolute atomic E-state index is 12.6. The molecule has 1 N–H and O–H groups in total. The first-order valence-corrected chi connectivity index (χ1v) is 9.82. The van der Waals surface area contributed by atoms with Gasteiger partial charge < -0.3 is 9.84 Å². The zero-order valence-corrected chi connectivity index (χ0v) is 16.7. The quantitative estimate of drug-likeness (QED) is 0.518. The average Bonchev–Trinajstić information content (AvgIpc) is 3.09. The van der Waals surface area contributed by atoms with Crippen molar-refractivity contribution in [1.82, 2.24) is 4.90 Å². The molecule has 2 aliphatic heterocycles. The van der Waals surface area contributed by atoms with E-state index in [0.717, 1.165) is 25.0 Å². The number of rotatable bonds is 3. The van der Waals surface area contributed by atoms with Gasteiger partial charge in [0.15, 0.2) is 0 Å². The predicted molar refractivity (Wildman–Crippen MR) is 102 cm³/mol. The van der Waals surface area contributed by atoms with E-state index in [0.29, 0.717) is 24.7 Å². The first-order chi connectivity index (χ1) is 11.0. The van der Waals surface area contributed by atoms with Crippen molar-refractivity contribution in [3.05, 3.63) is 31.5 Å². The number of amides is 1. The van der Waals surface area contributed by atoms with Gasteiger partial charge in [0.25, 0.3) is 5.91 Å². The Hall–Kier alpha value is -0.410. The lowest BCUT2D eigenvalue weighted by Gasteiger charge is -2.18. The predicted octanol–water partition coefficient (Wildman–Crippen LogP) is 4.30. The Balaban J connectivity index is 1.81. The number of halogens is 2. The smallest absolute Gasteiger partial charge is 0.266 e. The van der Waals surface area contributed by atoms with Gasteiger partial charge in [-0.1, -0.05) is 24.0 Å². The zero-order chi connectivity index (χ0) is 16.6. The van der Waals surface area contributed by atoms with Gasteiger partial charge in [0, 0.05) is 6.61 Å². The molecule has 122 valence electrons. The summed E-state index contributed by atoms with van der Waals surface area (Å²) in [4.78, 5) is 14.8. The lowest BCUT2D eigenvalue weighted by Crippen LogP contribution is -2.35. The van der Waals surface area contributed by atoms with Gasteiger partial charge >= 0.3 is 0 Å². The molecule has 0 bridgehead atoms. The Labute approximate surface area is 160 Å². The van der Waals surface area contributed by atoms with E-state index in [1.165, 1.54) is 11.8 Å². The van der Waals surface area contributed by atoms with Crippen molar-refractivity contribution in [2.75, 3.05) is 13.2 Å². The molecule has 0 aromatic heterocycles. The molecule has 0 unspecified atom stereocenters. The fourth-order valence-corrected chi connectivity index (χ4v) is 4.97. The number of benzene rings is 1. The number of nitrogens with zero attached hydrogens (tertiary/aromatic N) is 1. The lowest BCUT2D eigenvalue weighted by atomic mass is 10.2. The van der Waals surface area contributed by atoms with Crippen LogP contribution in [0.5, 0.6) is 5.75 Å². The van der Waals surface area contributed by atoms with Crippen LogP contribution in [0.4, 0.5) is 0 Å². The van der Waals surface area contributed by atoms with Crippen LogP contribution in [0.3, 0.4) is 0 Å². The monoisotopic (exact) mass is 477 g/mol. The summed E-state index contributed by atoms with van der Waals surface area (Å²) in [5.41, 5.74) is 0.805. The maximum atomic E-state index is 12.6. The molecule has 23 heavy (non-hydrogen) atoms. The normalized spacial score (nSPS) is 23.3. The van der Waals surface area contributed by atoms with Gasteiger partial charge in [-0.15, -0.1) is 0 Å². The molecule has 8 heteroatoms. The van der Waals surface area contributed by atoms with E-state index < -0.39 is 0 Å². The number of carbonyl (C=O) groups excluding carboxylic acids is 1. The number of thioether (sulfide) groups is 1. The Bertz CT molecular complexity index is 679. The zero-order valence-electron chi connectivity index (χ0n) is 11.9. The van der Waals surface area contributed by atoms with E-state index in [9.17, 15) is 9.90 Å². The Morgan fingerprint density at radius 2 is 2.13 bits per heavy atom. The minimum Gasteiger partial charge on any atom is -0.506 e. The van der Waals surface area contributed by atoms with Crippen LogP contribution >= 0.6 is 55.8 Å². The van der Waals surface area contributed by atoms with Crippen LogP contribution in [-0.4, -0.2) is 39.5 Å². The van der Waals surface area contributed by atoms with Crippen LogP contribution in [-0.2, 0) is 9.53 Å². The molecule has 1 amide bonds. The van der Waals surface area contributed by atoms with Crippen molar-refractivity contribution in [3.63, 3.8) is 0 Å². The second kappa shape index (κ2) is 7.23. The van der Waals surface area contributed by atoms with Gasteiger partial charge in [-0.05, 0) is 68.5 Å². The first kappa shape index (κ1) is 17.4. The highest BCUT2D eigenvalue weighted by Crippen LogP contribution is 2.37. The molecule has 1 aromatic rings. The summed E-state index contributed by atoms with van der Waals surface area (Å²) in [7, 11) is 0. The van der Waals surface area contributed by atoms with E-state index >= 15 is 0 Å². The summed E-state index contributed by atoms with van der Waals surface area (Å²) in [5.74, 6) is 0.0453. The van der Waals surface area contributed by atoms with Crippen LogP contribution < -0.4 is 0 Å². The standard InChI is InChI=1S/C15H13Br2NO3S2/c16-10-4-8(5-11(17)13(10)19)6-12-14(20)18(15(22)23-12)7-9-2-1-3-21-9/h4-6,9,19H,1-3,7H2/b12-6-/t9-/m1/s1.